The molecule has 1 heterocycles. The predicted octanol–water partition coefficient (Wildman–Crippen LogP) is 3.18. The molecule has 1 N–H and O–H groups in total. The molecule has 1 amide bonds. The van der Waals surface area contributed by atoms with Gasteiger partial charge in [-0.1, -0.05) is 13.8 Å². The van der Waals surface area contributed by atoms with Gasteiger partial charge in [-0.05, 0) is 52.9 Å². The average Bonchev–Trinajstić information content (AvgIpc) is 2.11. The molecule has 1 aliphatic rings. The van der Waals surface area contributed by atoms with Gasteiger partial charge in [-0.25, -0.2) is 4.79 Å². The Morgan fingerprint density at radius 1 is 1.47 bits per heavy atom. The zero-order valence-electron chi connectivity index (χ0n) is 13.2. The smallest absolute Gasteiger partial charge is 0.410 e. The molecular weight excluding hydrogens is 242 g/mol. The van der Waals surface area contributed by atoms with Gasteiger partial charge in [-0.15, -0.1) is 0 Å². The second-order valence-electron chi connectivity index (χ2n) is 7.30. The van der Waals surface area contributed by atoms with Crippen LogP contribution >= 0.6 is 0 Å². The molecule has 1 saturated heterocycles. The average molecular weight is 271 g/mol. The summed E-state index contributed by atoms with van der Waals surface area (Å²) in [6.45, 7) is 12.4. The molecule has 1 aliphatic heterocycles. The third-order valence-electron chi connectivity index (χ3n) is 3.44. The SMILES string of the molecule is CC(C)C[C@]1(O)CCN(C(=O)OC(C)(C)C)[C@H](C)C1. The number of likely N-dealkylation sites (tertiary alicyclic amines) is 1. The van der Waals surface area contributed by atoms with Crippen LogP contribution in [0.25, 0.3) is 0 Å². The van der Waals surface area contributed by atoms with Crippen molar-refractivity contribution >= 4 is 6.09 Å². The minimum Gasteiger partial charge on any atom is -0.444 e. The topological polar surface area (TPSA) is 49.8 Å². The minimum atomic E-state index is -0.633. The zero-order chi connectivity index (χ0) is 14.8. The van der Waals surface area contributed by atoms with Crippen molar-refractivity contribution < 1.29 is 14.6 Å². The molecule has 0 aliphatic carbocycles. The highest BCUT2D eigenvalue weighted by Crippen LogP contribution is 2.32. The van der Waals surface area contributed by atoms with Gasteiger partial charge in [0, 0.05) is 12.6 Å². The summed E-state index contributed by atoms with van der Waals surface area (Å²) in [5, 5.41) is 10.6. The first kappa shape index (κ1) is 16.3. The number of carbonyl (C=O) groups is 1. The Hall–Kier alpha value is -0.770. The fraction of sp³-hybridized carbons (Fsp3) is 0.933. The van der Waals surface area contributed by atoms with E-state index < -0.39 is 11.2 Å². The third kappa shape index (κ3) is 5.01. The van der Waals surface area contributed by atoms with E-state index in [-0.39, 0.29) is 12.1 Å². The van der Waals surface area contributed by atoms with E-state index in [4.69, 9.17) is 4.74 Å². The van der Waals surface area contributed by atoms with E-state index in [1.54, 1.807) is 4.90 Å². The number of carbonyl (C=O) groups excluding carboxylic acids is 1. The second-order valence-corrected chi connectivity index (χ2v) is 7.30. The van der Waals surface area contributed by atoms with Gasteiger partial charge in [0.15, 0.2) is 0 Å². The molecule has 0 unspecified atom stereocenters. The highest BCUT2D eigenvalue weighted by Gasteiger charge is 2.39. The van der Waals surface area contributed by atoms with Crippen LogP contribution in [0.5, 0.6) is 0 Å². The first-order valence-electron chi connectivity index (χ1n) is 7.24. The highest BCUT2D eigenvalue weighted by molar-refractivity contribution is 5.68. The van der Waals surface area contributed by atoms with Crippen molar-refractivity contribution in [1.29, 1.82) is 0 Å². The summed E-state index contributed by atoms with van der Waals surface area (Å²) < 4.78 is 5.40. The number of piperidine rings is 1. The van der Waals surface area contributed by atoms with E-state index in [1.165, 1.54) is 0 Å². The van der Waals surface area contributed by atoms with Crippen LogP contribution in [0.4, 0.5) is 4.79 Å². The van der Waals surface area contributed by atoms with Gasteiger partial charge in [-0.3, -0.25) is 0 Å². The Labute approximate surface area is 117 Å². The number of hydrogen-bond acceptors (Lipinski definition) is 3. The van der Waals surface area contributed by atoms with Gasteiger partial charge in [0.25, 0.3) is 0 Å². The lowest BCUT2D eigenvalue weighted by Crippen LogP contribution is -2.53. The molecule has 0 radical (unpaired) electrons. The summed E-state index contributed by atoms with van der Waals surface area (Å²) in [7, 11) is 0. The van der Waals surface area contributed by atoms with Gasteiger partial charge in [0.1, 0.15) is 5.60 Å². The quantitative estimate of drug-likeness (QED) is 0.839. The maximum Gasteiger partial charge on any atom is 0.410 e. The van der Waals surface area contributed by atoms with E-state index in [0.29, 0.717) is 25.3 Å². The van der Waals surface area contributed by atoms with Crippen LogP contribution < -0.4 is 0 Å². The molecule has 0 spiro atoms. The number of nitrogens with zero attached hydrogens (tertiary/aromatic N) is 1. The molecule has 0 bridgehead atoms. The van der Waals surface area contributed by atoms with Crippen LogP contribution in [0.1, 0.15) is 60.8 Å². The summed E-state index contributed by atoms with van der Waals surface area (Å²) >= 11 is 0. The molecule has 4 heteroatoms. The summed E-state index contributed by atoms with van der Waals surface area (Å²) in [4.78, 5) is 13.8. The van der Waals surface area contributed by atoms with Crippen molar-refractivity contribution in [2.45, 2.75) is 78.0 Å². The lowest BCUT2D eigenvalue weighted by atomic mass is 9.81. The van der Waals surface area contributed by atoms with E-state index in [0.717, 1.165) is 6.42 Å². The Balaban J connectivity index is 2.62. The normalized spacial score (nSPS) is 28.6. The molecule has 0 saturated carbocycles. The van der Waals surface area contributed by atoms with Gasteiger partial charge in [0.05, 0.1) is 5.60 Å². The standard InChI is InChI=1S/C15H29NO3/c1-11(2)9-15(18)7-8-16(12(3)10-15)13(17)19-14(4,5)6/h11-12,18H,7-10H2,1-6H3/t12-,15-/m1/s1. The minimum absolute atomic E-state index is 0.0207. The summed E-state index contributed by atoms with van der Waals surface area (Å²) in [5.41, 5.74) is -1.10. The molecule has 1 fully saturated rings. The maximum atomic E-state index is 12.1. The van der Waals surface area contributed by atoms with E-state index in [2.05, 4.69) is 13.8 Å². The van der Waals surface area contributed by atoms with Gasteiger partial charge >= 0.3 is 6.09 Å². The molecule has 112 valence electrons. The van der Waals surface area contributed by atoms with Gasteiger partial charge < -0.3 is 14.7 Å². The first-order valence-corrected chi connectivity index (χ1v) is 7.24. The summed E-state index contributed by atoms with van der Waals surface area (Å²) in [6.07, 6.45) is 1.78. The third-order valence-corrected chi connectivity index (χ3v) is 3.44. The number of aliphatic hydroxyl groups is 1. The van der Waals surface area contributed by atoms with Crippen LogP contribution in [0, 0.1) is 5.92 Å². The van der Waals surface area contributed by atoms with Crippen molar-refractivity contribution in [2.75, 3.05) is 6.54 Å². The number of rotatable bonds is 2. The second kappa shape index (κ2) is 5.70. The number of amides is 1. The van der Waals surface area contributed by atoms with Crippen molar-refractivity contribution in [2.24, 2.45) is 5.92 Å². The summed E-state index contributed by atoms with van der Waals surface area (Å²) in [5.74, 6) is 0.463. The summed E-state index contributed by atoms with van der Waals surface area (Å²) in [6, 6.07) is 0.0207. The van der Waals surface area contributed by atoms with Crippen molar-refractivity contribution in [3.05, 3.63) is 0 Å². The number of hydrogen-bond donors (Lipinski definition) is 1. The van der Waals surface area contributed by atoms with Crippen LogP contribution in [0.2, 0.25) is 0 Å². The molecule has 19 heavy (non-hydrogen) atoms. The fourth-order valence-electron chi connectivity index (χ4n) is 2.85. The molecule has 0 aromatic rings. The largest absolute Gasteiger partial charge is 0.444 e. The van der Waals surface area contributed by atoms with Crippen LogP contribution in [-0.2, 0) is 4.74 Å². The van der Waals surface area contributed by atoms with Crippen LogP contribution in [-0.4, -0.2) is 39.9 Å². The Morgan fingerprint density at radius 2 is 2.05 bits per heavy atom. The molecule has 1 rings (SSSR count). The predicted molar refractivity (Wildman–Crippen MR) is 76.0 cm³/mol. The van der Waals surface area contributed by atoms with Gasteiger partial charge in [0.2, 0.25) is 0 Å². The lowest BCUT2D eigenvalue weighted by Gasteiger charge is -2.43. The zero-order valence-corrected chi connectivity index (χ0v) is 13.2. The van der Waals surface area contributed by atoms with E-state index in [1.807, 2.05) is 27.7 Å². The molecular formula is C15H29NO3. The molecule has 0 aromatic carbocycles. The molecule has 2 atom stereocenters. The molecule has 0 aromatic heterocycles. The van der Waals surface area contributed by atoms with E-state index in [9.17, 15) is 9.90 Å². The Morgan fingerprint density at radius 3 is 2.47 bits per heavy atom. The van der Waals surface area contributed by atoms with Crippen LogP contribution in [0.3, 0.4) is 0 Å². The lowest BCUT2D eigenvalue weighted by molar-refractivity contribution is -0.0606. The Kier molecular flexibility index (Phi) is 4.88. The monoisotopic (exact) mass is 271 g/mol. The molecule has 4 nitrogen and oxygen atoms in total. The maximum absolute atomic E-state index is 12.1. The Bertz CT molecular complexity index is 322. The van der Waals surface area contributed by atoms with Crippen molar-refractivity contribution in [1.82, 2.24) is 4.90 Å². The fourth-order valence-corrected chi connectivity index (χ4v) is 2.85. The van der Waals surface area contributed by atoms with Gasteiger partial charge in [-0.2, -0.15) is 0 Å². The number of ether oxygens (including phenoxy) is 1. The van der Waals surface area contributed by atoms with Crippen molar-refractivity contribution in [3.8, 4) is 0 Å². The first-order chi connectivity index (χ1) is 8.52. The van der Waals surface area contributed by atoms with E-state index >= 15 is 0 Å². The highest BCUT2D eigenvalue weighted by atomic mass is 16.6. The van der Waals surface area contributed by atoms with Crippen molar-refractivity contribution in [3.63, 3.8) is 0 Å². The van der Waals surface area contributed by atoms with Crippen LogP contribution in [0.15, 0.2) is 0 Å².